The number of amides is 2. The van der Waals surface area contributed by atoms with Gasteiger partial charge in [-0.3, -0.25) is 14.5 Å². The van der Waals surface area contributed by atoms with E-state index in [0.29, 0.717) is 56.3 Å². The average Bonchev–Trinajstić information content (AvgIpc) is 3.23. The molecule has 1 fully saturated rings. The topological polar surface area (TPSA) is 71.1 Å². The van der Waals surface area contributed by atoms with E-state index in [9.17, 15) is 18.4 Å². The molecular weight excluding hydrogens is 396 g/mol. The molecule has 0 unspecified atom stereocenters. The van der Waals surface area contributed by atoms with Gasteiger partial charge in [-0.2, -0.15) is 0 Å². The first-order chi connectivity index (χ1) is 14.5. The average molecular weight is 417 g/mol. The molecule has 2 aromatic rings. The highest BCUT2D eigenvalue weighted by Gasteiger charge is 2.23. The van der Waals surface area contributed by atoms with E-state index >= 15 is 0 Å². The van der Waals surface area contributed by atoms with Crippen molar-refractivity contribution < 1.29 is 27.8 Å². The fourth-order valence-electron chi connectivity index (χ4n) is 3.45. The summed E-state index contributed by atoms with van der Waals surface area (Å²) in [5.74, 6) is -1.33. The Morgan fingerprint density at radius 3 is 2.40 bits per heavy atom. The van der Waals surface area contributed by atoms with Gasteiger partial charge in [-0.15, -0.1) is 0 Å². The minimum absolute atomic E-state index is 0.137. The van der Waals surface area contributed by atoms with E-state index in [1.54, 1.807) is 23.1 Å². The molecule has 1 N–H and O–H groups in total. The first-order valence-electron chi connectivity index (χ1n) is 9.66. The highest BCUT2D eigenvalue weighted by atomic mass is 19.2. The van der Waals surface area contributed by atoms with Crippen LogP contribution < -0.4 is 14.8 Å². The molecule has 0 saturated carbocycles. The molecule has 0 aromatic heterocycles. The van der Waals surface area contributed by atoms with Crippen LogP contribution in [0.15, 0.2) is 36.4 Å². The lowest BCUT2D eigenvalue weighted by Gasteiger charge is -2.34. The van der Waals surface area contributed by atoms with Gasteiger partial charge in [0.1, 0.15) is 0 Å². The van der Waals surface area contributed by atoms with Crippen molar-refractivity contribution in [3.63, 3.8) is 0 Å². The van der Waals surface area contributed by atoms with Gasteiger partial charge in [-0.05, 0) is 36.4 Å². The number of carbonyl (C=O) groups excluding carboxylic acids is 2. The van der Waals surface area contributed by atoms with E-state index in [1.807, 2.05) is 0 Å². The first kappa shape index (κ1) is 20.1. The number of nitrogens with one attached hydrogen (secondary N) is 1. The van der Waals surface area contributed by atoms with Crippen molar-refractivity contribution in [3.8, 4) is 11.5 Å². The maximum atomic E-state index is 13.4. The van der Waals surface area contributed by atoms with Crippen LogP contribution in [0.4, 0.5) is 8.78 Å². The summed E-state index contributed by atoms with van der Waals surface area (Å²) in [7, 11) is 0. The zero-order valence-corrected chi connectivity index (χ0v) is 16.2. The van der Waals surface area contributed by atoms with Gasteiger partial charge >= 0.3 is 0 Å². The summed E-state index contributed by atoms with van der Waals surface area (Å²) in [6.45, 7) is 3.49. The fraction of sp³-hybridized carbons (Fsp3) is 0.333. The summed E-state index contributed by atoms with van der Waals surface area (Å²) < 4.78 is 36.9. The van der Waals surface area contributed by atoms with Crippen molar-refractivity contribution in [2.45, 2.75) is 0 Å². The second-order valence-corrected chi connectivity index (χ2v) is 7.09. The Bertz CT molecular complexity index is 961. The van der Waals surface area contributed by atoms with Crippen molar-refractivity contribution in [1.29, 1.82) is 0 Å². The second kappa shape index (κ2) is 8.66. The highest BCUT2D eigenvalue weighted by molar-refractivity contribution is 5.95. The molecule has 0 atom stereocenters. The Morgan fingerprint density at radius 2 is 1.63 bits per heavy atom. The van der Waals surface area contributed by atoms with Crippen LogP contribution in [0.2, 0.25) is 0 Å². The molecule has 2 amide bonds. The number of fused-ring (bicyclic) bond motifs is 1. The molecular formula is C21H21F2N3O4. The second-order valence-electron chi connectivity index (χ2n) is 7.09. The van der Waals surface area contributed by atoms with Crippen LogP contribution in [-0.4, -0.2) is 67.7 Å². The van der Waals surface area contributed by atoms with Crippen molar-refractivity contribution >= 4 is 11.8 Å². The van der Waals surface area contributed by atoms with E-state index in [-0.39, 0.29) is 24.2 Å². The van der Waals surface area contributed by atoms with Crippen LogP contribution in [0, 0.1) is 11.6 Å². The van der Waals surface area contributed by atoms with E-state index < -0.39 is 11.6 Å². The Hall–Kier alpha value is -3.20. The smallest absolute Gasteiger partial charge is 0.254 e. The van der Waals surface area contributed by atoms with Gasteiger partial charge in [-0.1, -0.05) is 0 Å². The van der Waals surface area contributed by atoms with Crippen molar-refractivity contribution in [2.24, 2.45) is 0 Å². The molecule has 30 heavy (non-hydrogen) atoms. The Balaban J connectivity index is 1.22. The van der Waals surface area contributed by atoms with Crippen LogP contribution in [0.25, 0.3) is 0 Å². The Morgan fingerprint density at radius 1 is 0.900 bits per heavy atom. The van der Waals surface area contributed by atoms with Crippen LogP contribution in [-0.2, 0) is 0 Å². The van der Waals surface area contributed by atoms with E-state index in [0.717, 1.165) is 12.1 Å². The molecule has 0 aliphatic carbocycles. The Labute approximate surface area is 172 Å². The third-order valence-electron chi connectivity index (χ3n) is 5.17. The number of benzene rings is 2. The zero-order valence-electron chi connectivity index (χ0n) is 16.2. The number of rotatable bonds is 5. The zero-order chi connectivity index (χ0) is 21.1. The molecule has 0 radical (unpaired) electrons. The summed E-state index contributed by atoms with van der Waals surface area (Å²) in [6.07, 6.45) is 0. The largest absolute Gasteiger partial charge is 0.454 e. The van der Waals surface area contributed by atoms with Gasteiger partial charge in [-0.25, -0.2) is 8.78 Å². The van der Waals surface area contributed by atoms with Crippen molar-refractivity contribution in [1.82, 2.24) is 15.1 Å². The van der Waals surface area contributed by atoms with Gasteiger partial charge in [0.05, 0.1) is 0 Å². The predicted octanol–water partition coefficient (Wildman–Crippen LogP) is 1.88. The van der Waals surface area contributed by atoms with E-state index in [2.05, 4.69) is 10.2 Å². The lowest BCUT2D eigenvalue weighted by Crippen LogP contribution is -2.50. The molecule has 158 valence electrons. The summed E-state index contributed by atoms with van der Waals surface area (Å²) >= 11 is 0. The molecule has 4 rings (SSSR count). The third-order valence-corrected chi connectivity index (χ3v) is 5.17. The number of ether oxygens (including phenoxy) is 2. The van der Waals surface area contributed by atoms with Crippen molar-refractivity contribution in [3.05, 3.63) is 59.2 Å². The van der Waals surface area contributed by atoms with Gasteiger partial charge < -0.3 is 19.7 Å². The quantitative estimate of drug-likeness (QED) is 0.805. The number of halogens is 2. The van der Waals surface area contributed by atoms with Crippen LogP contribution in [0.3, 0.4) is 0 Å². The van der Waals surface area contributed by atoms with Crippen molar-refractivity contribution in [2.75, 3.05) is 46.1 Å². The molecule has 0 bridgehead atoms. The van der Waals surface area contributed by atoms with Gasteiger partial charge in [0.2, 0.25) is 6.79 Å². The minimum Gasteiger partial charge on any atom is -0.454 e. The third kappa shape index (κ3) is 4.35. The number of hydrogen-bond acceptors (Lipinski definition) is 5. The van der Waals surface area contributed by atoms with Gasteiger partial charge in [0, 0.05) is 50.4 Å². The molecule has 1 saturated heterocycles. The number of nitrogens with zero attached hydrogens (tertiary/aromatic N) is 2. The number of carbonyl (C=O) groups is 2. The normalized spacial score (nSPS) is 15.9. The van der Waals surface area contributed by atoms with E-state index in [4.69, 9.17) is 9.47 Å². The molecule has 0 spiro atoms. The SMILES string of the molecule is O=C(NCCN1CCN(C(=O)c2ccc(F)c(F)c2)CC1)c1ccc2c(c1)OCO2. The fourth-order valence-corrected chi connectivity index (χ4v) is 3.45. The molecule has 7 nitrogen and oxygen atoms in total. The molecule has 2 aliphatic rings. The molecule has 2 aromatic carbocycles. The molecule has 2 aliphatic heterocycles. The van der Waals surface area contributed by atoms with Crippen LogP contribution in [0.5, 0.6) is 11.5 Å². The molecule has 2 heterocycles. The van der Waals surface area contributed by atoms with E-state index in [1.165, 1.54) is 6.07 Å². The first-order valence-corrected chi connectivity index (χ1v) is 9.66. The summed E-state index contributed by atoms with van der Waals surface area (Å²) in [5, 5.41) is 2.87. The van der Waals surface area contributed by atoms with Crippen LogP contribution >= 0.6 is 0 Å². The lowest BCUT2D eigenvalue weighted by atomic mass is 10.1. The number of hydrogen-bond donors (Lipinski definition) is 1. The summed E-state index contributed by atoms with van der Waals surface area (Å²) in [5.41, 5.74) is 0.638. The standard InChI is InChI=1S/C21H21F2N3O4/c22-16-3-1-15(11-17(16)23)21(28)26-9-7-25(8-10-26)6-5-24-20(27)14-2-4-18-19(12-14)30-13-29-18/h1-4,11-12H,5-10,13H2,(H,24,27). The maximum absolute atomic E-state index is 13.4. The van der Waals surface area contributed by atoms with Gasteiger partial charge in [0.25, 0.3) is 11.8 Å². The monoisotopic (exact) mass is 417 g/mol. The van der Waals surface area contributed by atoms with Gasteiger partial charge in [0.15, 0.2) is 23.1 Å². The maximum Gasteiger partial charge on any atom is 0.254 e. The number of piperazine rings is 1. The highest BCUT2D eigenvalue weighted by Crippen LogP contribution is 2.32. The lowest BCUT2D eigenvalue weighted by molar-refractivity contribution is 0.0637. The Kier molecular flexibility index (Phi) is 5.80. The summed E-state index contributed by atoms with van der Waals surface area (Å²) in [4.78, 5) is 28.5. The predicted molar refractivity (Wildman–Crippen MR) is 104 cm³/mol. The summed E-state index contributed by atoms with van der Waals surface area (Å²) in [6, 6.07) is 8.22. The minimum atomic E-state index is -1.03. The van der Waals surface area contributed by atoms with Crippen LogP contribution in [0.1, 0.15) is 20.7 Å². The molecule has 9 heteroatoms.